The van der Waals surface area contributed by atoms with Crippen LogP contribution >= 0.6 is 0 Å². The smallest absolute Gasteiger partial charge is 0.240 e. The molecule has 14 heavy (non-hydrogen) atoms. The molecule has 3 rings (SSSR count). The molecular weight excluding hydrogens is 178 g/mol. The summed E-state index contributed by atoms with van der Waals surface area (Å²) in [5, 5.41) is 11.3. The second-order valence-electron chi connectivity index (χ2n) is 4.62. The van der Waals surface area contributed by atoms with E-state index in [0.29, 0.717) is 17.4 Å². The van der Waals surface area contributed by atoms with Crippen LogP contribution in [-0.4, -0.2) is 20.2 Å². The van der Waals surface area contributed by atoms with Crippen LogP contribution in [0.4, 0.5) is 5.95 Å². The number of tetrazole rings is 1. The Morgan fingerprint density at radius 1 is 1.29 bits per heavy atom. The van der Waals surface area contributed by atoms with Crippen molar-refractivity contribution in [3.05, 3.63) is 0 Å². The van der Waals surface area contributed by atoms with E-state index in [1.54, 1.807) is 0 Å². The van der Waals surface area contributed by atoms with Gasteiger partial charge in [0.2, 0.25) is 5.95 Å². The minimum atomic E-state index is 0.470. The average molecular weight is 193 g/mol. The molecule has 2 saturated carbocycles. The van der Waals surface area contributed by atoms with E-state index in [4.69, 9.17) is 5.73 Å². The van der Waals surface area contributed by atoms with Gasteiger partial charge in [-0.1, -0.05) is 24.4 Å². The summed E-state index contributed by atoms with van der Waals surface area (Å²) in [6.07, 6.45) is 7.99. The molecule has 5 nitrogen and oxygen atoms in total. The van der Waals surface area contributed by atoms with Crippen LogP contribution < -0.4 is 5.73 Å². The number of aromatic nitrogens is 4. The monoisotopic (exact) mass is 193 g/mol. The van der Waals surface area contributed by atoms with Crippen molar-refractivity contribution in [3.8, 4) is 0 Å². The van der Waals surface area contributed by atoms with Gasteiger partial charge in [0.05, 0.1) is 6.04 Å². The molecule has 1 unspecified atom stereocenters. The standard InChI is InChI=1S/C9H15N5/c10-8-11-12-13-14(8)7-6-9(7)4-2-1-3-5-9/h7H,1-6H2,(H2,10,11,13). The summed E-state index contributed by atoms with van der Waals surface area (Å²) in [5.74, 6) is 0.470. The van der Waals surface area contributed by atoms with Crippen molar-refractivity contribution >= 4 is 5.95 Å². The molecule has 0 radical (unpaired) electrons. The third kappa shape index (κ3) is 1.04. The van der Waals surface area contributed by atoms with Gasteiger partial charge in [-0.25, -0.2) is 4.68 Å². The van der Waals surface area contributed by atoms with Crippen LogP contribution in [0.3, 0.4) is 0 Å². The highest BCUT2D eigenvalue weighted by molar-refractivity contribution is 5.18. The summed E-state index contributed by atoms with van der Waals surface area (Å²) < 4.78 is 1.81. The summed E-state index contributed by atoms with van der Waals surface area (Å²) >= 11 is 0. The van der Waals surface area contributed by atoms with Gasteiger partial charge >= 0.3 is 0 Å². The third-order valence-electron chi connectivity index (χ3n) is 3.81. The van der Waals surface area contributed by atoms with Gasteiger partial charge in [0.1, 0.15) is 0 Å². The maximum atomic E-state index is 5.70. The molecule has 1 aromatic rings. The van der Waals surface area contributed by atoms with Gasteiger partial charge in [-0.05, 0) is 35.1 Å². The van der Waals surface area contributed by atoms with Gasteiger partial charge in [0.15, 0.2) is 0 Å². The van der Waals surface area contributed by atoms with E-state index in [1.807, 2.05) is 4.68 Å². The highest BCUT2D eigenvalue weighted by atomic mass is 15.6. The number of nitrogen functional groups attached to an aromatic ring is 1. The van der Waals surface area contributed by atoms with Crippen molar-refractivity contribution in [2.24, 2.45) is 5.41 Å². The van der Waals surface area contributed by atoms with Crippen LogP contribution in [0.1, 0.15) is 44.6 Å². The van der Waals surface area contributed by atoms with Crippen LogP contribution in [0.5, 0.6) is 0 Å². The molecular formula is C9H15N5. The highest BCUT2D eigenvalue weighted by Gasteiger charge is 2.56. The van der Waals surface area contributed by atoms with Gasteiger partial charge < -0.3 is 5.73 Å². The Labute approximate surface area is 82.7 Å². The van der Waals surface area contributed by atoms with Crippen molar-refractivity contribution in [1.29, 1.82) is 0 Å². The lowest BCUT2D eigenvalue weighted by molar-refractivity contribution is 0.300. The second-order valence-corrected chi connectivity index (χ2v) is 4.62. The van der Waals surface area contributed by atoms with Crippen molar-refractivity contribution in [2.45, 2.75) is 44.6 Å². The Morgan fingerprint density at radius 3 is 2.71 bits per heavy atom. The summed E-state index contributed by atoms with van der Waals surface area (Å²) in [6, 6.07) is 0.484. The molecule has 0 aromatic carbocycles. The van der Waals surface area contributed by atoms with Crippen LogP contribution in [0.2, 0.25) is 0 Å². The lowest BCUT2D eigenvalue weighted by Crippen LogP contribution is -2.14. The summed E-state index contributed by atoms with van der Waals surface area (Å²) in [6.45, 7) is 0. The number of rotatable bonds is 1. The van der Waals surface area contributed by atoms with E-state index in [2.05, 4.69) is 15.5 Å². The molecule has 0 bridgehead atoms. The predicted molar refractivity (Wildman–Crippen MR) is 51.4 cm³/mol. The van der Waals surface area contributed by atoms with E-state index in [9.17, 15) is 0 Å². The summed E-state index contributed by atoms with van der Waals surface area (Å²) in [7, 11) is 0. The first-order valence-electron chi connectivity index (χ1n) is 5.35. The van der Waals surface area contributed by atoms with Crippen molar-refractivity contribution in [3.63, 3.8) is 0 Å². The molecule has 0 saturated heterocycles. The Kier molecular flexibility index (Phi) is 1.57. The Hall–Kier alpha value is -1.13. The Morgan fingerprint density at radius 2 is 2.07 bits per heavy atom. The number of hydrogen-bond acceptors (Lipinski definition) is 4. The zero-order valence-electron chi connectivity index (χ0n) is 8.19. The largest absolute Gasteiger partial charge is 0.367 e. The number of nitrogens with zero attached hydrogens (tertiary/aromatic N) is 4. The first kappa shape index (κ1) is 8.20. The quantitative estimate of drug-likeness (QED) is 0.726. The molecule has 2 aliphatic rings. The molecule has 1 spiro atoms. The van der Waals surface area contributed by atoms with Crippen LogP contribution in [0, 0.1) is 5.41 Å². The number of hydrogen-bond donors (Lipinski definition) is 1. The average Bonchev–Trinajstić information content (AvgIpc) is 2.70. The fourth-order valence-corrected chi connectivity index (χ4v) is 2.89. The molecule has 2 aliphatic carbocycles. The SMILES string of the molecule is Nc1nnnn1C1CC12CCCCC2. The summed E-state index contributed by atoms with van der Waals surface area (Å²) in [5.41, 5.74) is 6.20. The molecule has 2 N–H and O–H groups in total. The van der Waals surface area contributed by atoms with Gasteiger partial charge in [-0.3, -0.25) is 0 Å². The maximum absolute atomic E-state index is 5.70. The molecule has 1 atom stereocenters. The fraction of sp³-hybridized carbons (Fsp3) is 0.889. The van der Waals surface area contributed by atoms with Gasteiger partial charge in [0.25, 0.3) is 0 Å². The second kappa shape index (κ2) is 2.68. The van der Waals surface area contributed by atoms with Crippen LogP contribution in [0.15, 0.2) is 0 Å². The Balaban J connectivity index is 1.81. The maximum Gasteiger partial charge on any atom is 0.240 e. The van der Waals surface area contributed by atoms with Gasteiger partial charge in [0, 0.05) is 0 Å². The van der Waals surface area contributed by atoms with Crippen LogP contribution in [-0.2, 0) is 0 Å². The van der Waals surface area contributed by atoms with E-state index >= 15 is 0 Å². The number of anilines is 1. The Bertz CT molecular complexity index is 339. The number of nitrogens with two attached hydrogens (primary N) is 1. The minimum Gasteiger partial charge on any atom is -0.367 e. The van der Waals surface area contributed by atoms with E-state index < -0.39 is 0 Å². The molecule has 1 aromatic heterocycles. The normalized spacial score (nSPS) is 29.3. The lowest BCUT2D eigenvalue weighted by atomic mass is 9.86. The van der Waals surface area contributed by atoms with E-state index in [1.165, 1.54) is 38.5 Å². The molecule has 2 fully saturated rings. The van der Waals surface area contributed by atoms with Crippen molar-refractivity contribution in [1.82, 2.24) is 20.2 Å². The third-order valence-corrected chi connectivity index (χ3v) is 3.81. The first-order valence-corrected chi connectivity index (χ1v) is 5.35. The van der Waals surface area contributed by atoms with Crippen LogP contribution in [0.25, 0.3) is 0 Å². The van der Waals surface area contributed by atoms with Crippen molar-refractivity contribution in [2.75, 3.05) is 5.73 Å². The molecule has 76 valence electrons. The minimum absolute atomic E-state index is 0.470. The van der Waals surface area contributed by atoms with Gasteiger partial charge in [-0.15, -0.1) is 0 Å². The first-order chi connectivity index (χ1) is 6.82. The molecule has 0 aliphatic heterocycles. The fourth-order valence-electron chi connectivity index (χ4n) is 2.89. The molecule has 1 heterocycles. The predicted octanol–water partition coefficient (Wildman–Crippen LogP) is 1.15. The molecule has 5 heteroatoms. The zero-order chi connectivity index (χ0) is 9.60. The zero-order valence-corrected chi connectivity index (χ0v) is 8.19. The lowest BCUT2D eigenvalue weighted by Gasteiger charge is -2.21. The topological polar surface area (TPSA) is 69.6 Å². The van der Waals surface area contributed by atoms with E-state index in [0.717, 1.165) is 0 Å². The van der Waals surface area contributed by atoms with E-state index in [-0.39, 0.29) is 0 Å². The van der Waals surface area contributed by atoms with Gasteiger partial charge in [-0.2, -0.15) is 0 Å². The summed E-state index contributed by atoms with van der Waals surface area (Å²) in [4.78, 5) is 0. The van der Waals surface area contributed by atoms with Crippen molar-refractivity contribution < 1.29 is 0 Å². The molecule has 0 amide bonds. The highest BCUT2D eigenvalue weighted by Crippen LogP contribution is 2.64.